The highest BCUT2D eigenvalue weighted by Gasteiger charge is 2.01. The average molecular weight is 334 g/mol. The monoisotopic (exact) mass is 333 g/mol. The van der Waals surface area contributed by atoms with Crippen LogP contribution in [0.1, 0.15) is 40.2 Å². The van der Waals surface area contributed by atoms with Crippen molar-refractivity contribution in [2.45, 2.75) is 41.5 Å². The summed E-state index contributed by atoms with van der Waals surface area (Å²) in [7, 11) is 2.68. The third-order valence-electron chi connectivity index (χ3n) is 2.95. The summed E-state index contributed by atoms with van der Waals surface area (Å²) in [6, 6.07) is 14.9. The molecule has 2 N–H and O–H groups in total. The second-order valence-electron chi connectivity index (χ2n) is 4.30. The first-order chi connectivity index (χ1) is 11.8. The second kappa shape index (κ2) is 16.0. The third kappa shape index (κ3) is 7.62. The molecule has 1 aromatic heterocycles. The Balaban J connectivity index is 0. The number of para-hydroxylation sites is 1. The zero-order valence-corrected chi connectivity index (χ0v) is 16.6. The Labute approximate surface area is 147 Å². The first-order valence-electron chi connectivity index (χ1n) is 8.67. The number of H-pyrrole nitrogens is 1. The van der Waals surface area contributed by atoms with Crippen LogP contribution in [0.3, 0.4) is 0 Å². The molecule has 0 saturated carbocycles. The lowest BCUT2D eigenvalue weighted by molar-refractivity contribution is 0.215. The van der Waals surface area contributed by atoms with Gasteiger partial charge in [0.2, 0.25) is 0 Å². The highest BCUT2D eigenvalue weighted by atomic mass is 16.5. The number of rotatable bonds is 1. The molecule has 0 spiro atoms. The molecule has 0 atom stereocenters. The maximum Gasteiger partial charge on any atom is 0.0465 e. The molecule has 0 bridgehead atoms. The largest absolute Gasteiger partial charge is 0.400 e. The fourth-order valence-corrected chi connectivity index (χ4v) is 1.96. The Morgan fingerprint density at radius 3 is 1.92 bits per heavy atom. The van der Waals surface area contributed by atoms with E-state index in [0.29, 0.717) is 0 Å². The minimum atomic E-state index is 0.819. The Morgan fingerprint density at radius 1 is 0.875 bits per heavy atom. The van der Waals surface area contributed by atoms with Crippen LogP contribution < -0.4 is 0 Å². The van der Waals surface area contributed by atoms with Gasteiger partial charge in [-0.1, -0.05) is 57.5 Å². The summed E-state index contributed by atoms with van der Waals surface area (Å²) in [5.74, 6) is 0. The molecule has 24 heavy (non-hydrogen) atoms. The second-order valence-corrected chi connectivity index (χ2v) is 4.30. The maximum absolute atomic E-state index is 7.00. The number of aromatic amines is 1. The molecular formula is C21H35NO2. The lowest BCUT2D eigenvalue weighted by atomic mass is 10.1. The predicted octanol–water partition coefficient (Wildman–Crippen LogP) is 5.94. The van der Waals surface area contributed by atoms with Crippen LogP contribution in [0.4, 0.5) is 0 Å². The molecule has 3 aromatic rings. The van der Waals surface area contributed by atoms with Crippen LogP contribution in [0.2, 0.25) is 0 Å². The number of nitrogens with one attached hydrogen (secondary N) is 1. The highest BCUT2D eigenvalue weighted by Crippen LogP contribution is 2.25. The summed E-state index contributed by atoms with van der Waals surface area (Å²) >= 11 is 0. The molecule has 0 amide bonds. The first kappa shape index (κ1) is 24.4. The molecule has 3 rings (SSSR count). The van der Waals surface area contributed by atoms with E-state index in [1.54, 1.807) is 7.11 Å². The molecule has 0 saturated heterocycles. The van der Waals surface area contributed by atoms with Gasteiger partial charge in [-0.05, 0) is 32.0 Å². The van der Waals surface area contributed by atoms with Gasteiger partial charge in [-0.25, -0.2) is 0 Å². The molecule has 136 valence electrons. The molecule has 0 fully saturated rings. The third-order valence-corrected chi connectivity index (χ3v) is 2.95. The lowest BCUT2D eigenvalue weighted by Crippen LogP contribution is -1.73. The quantitative estimate of drug-likeness (QED) is 0.578. The van der Waals surface area contributed by atoms with Crippen LogP contribution in [0.5, 0.6) is 0 Å². The van der Waals surface area contributed by atoms with Crippen LogP contribution in [0, 0.1) is 6.92 Å². The highest BCUT2D eigenvalue weighted by molar-refractivity contribution is 6.07. The van der Waals surface area contributed by atoms with E-state index >= 15 is 0 Å². The van der Waals surface area contributed by atoms with E-state index in [4.69, 9.17) is 5.11 Å². The van der Waals surface area contributed by atoms with Gasteiger partial charge < -0.3 is 14.8 Å². The Bertz CT molecular complexity index is 642. The van der Waals surface area contributed by atoms with Gasteiger partial charge in [-0.15, -0.1) is 0 Å². The van der Waals surface area contributed by atoms with E-state index in [2.05, 4.69) is 59.1 Å². The minimum absolute atomic E-state index is 0.819. The van der Waals surface area contributed by atoms with Gasteiger partial charge >= 0.3 is 0 Å². The van der Waals surface area contributed by atoms with Crippen molar-refractivity contribution >= 4 is 21.8 Å². The molecule has 0 radical (unpaired) electrons. The van der Waals surface area contributed by atoms with Crippen LogP contribution in [-0.2, 0) is 4.74 Å². The first-order valence-corrected chi connectivity index (χ1v) is 8.67. The molecule has 2 aromatic carbocycles. The van der Waals surface area contributed by atoms with Crippen LogP contribution >= 0.6 is 0 Å². The number of fused-ring (bicyclic) bond motifs is 3. The van der Waals surface area contributed by atoms with Crippen LogP contribution in [0.25, 0.3) is 21.8 Å². The van der Waals surface area contributed by atoms with Crippen molar-refractivity contribution in [1.82, 2.24) is 4.98 Å². The van der Waals surface area contributed by atoms with Gasteiger partial charge in [0.25, 0.3) is 0 Å². The molecule has 0 unspecified atom stereocenters. The van der Waals surface area contributed by atoms with Gasteiger partial charge in [-0.2, -0.15) is 0 Å². The fraction of sp³-hybridized carbons (Fsp3) is 0.429. The number of benzene rings is 2. The zero-order chi connectivity index (χ0) is 19.0. The number of aromatic nitrogens is 1. The maximum atomic E-state index is 7.00. The molecule has 0 aliphatic rings. The SMILES string of the molecule is CC.CC.CCOC.CO.Cc1ccc2[nH]c3ccccc3c2c1. The number of hydrogen-bond donors (Lipinski definition) is 2. The number of hydrogen-bond acceptors (Lipinski definition) is 2. The molecule has 3 nitrogen and oxygen atoms in total. The van der Waals surface area contributed by atoms with E-state index in [0.717, 1.165) is 13.7 Å². The van der Waals surface area contributed by atoms with E-state index in [-0.39, 0.29) is 0 Å². The molecule has 0 aliphatic carbocycles. The molecular weight excluding hydrogens is 298 g/mol. The fourth-order valence-electron chi connectivity index (χ4n) is 1.96. The van der Waals surface area contributed by atoms with Crippen molar-refractivity contribution in [3.05, 3.63) is 48.0 Å². The topological polar surface area (TPSA) is 45.2 Å². The average Bonchev–Trinajstić information content (AvgIpc) is 3.05. The van der Waals surface area contributed by atoms with E-state index < -0.39 is 0 Å². The van der Waals surface area contributed by atoms with Gasteiger partial charge in [0.1, 0.15) is 0 Å². The van der Waals surface area contributed by atoms with Gasteiger partial charge in [-0.3, -0.25) is 0 Å². The Kier molecular flexibility index (Phi) is 16.3. The van der Waals surface area contributed by atoms with Gasteiger partial charge in [0.15, 0.2) is 0 Å². The lowest BCUT2D eigenvalue weighted by Gasteiger charge is -1.92. The molecule has 3 heteroatoms. The summed E-state index contributed by atoms with van der Waals surface area (Å²) < 4.78 is 4.54. The number of aryl methyl sites for hydroxylation is 1. The summed E-state index contributed by atoms with van der Waals surface area (Å²) in [4.78, 5) is 3.41. The summed E-state index contributed by atoms with van der Waals surface area (Å²) in [5, 5.41) is 9.63. The Hall–Kier alpha value is -1.84. The van der Waals surface area contributed by atoms with Crippen molar-refractivity contribution in [3.8, 4) is 0 Å². The van der Waals surface area contributed by atoms with E-state index in [9.17, 15) is 0 Å². The number of aliphatic hydroxyl groups is 1. The summed E-state index contributed by atoms with van der Waals surface area (Å²) in [5.41, 5.74) is 3.74. The van der Waals surface area contributed by atoms with Crippen molar-refractivity contribution in [1.29, 1.82) is 0 Å². The van der Waals surface area contributed by atoms with Crippen molar-refractivity contribution < 1.29 is 9.84 Å². The zero-order valence-electron chi connectivity index (χ0n) is 16.6. The summed E-state index contributed by atoms with van der Waals surface area (Å²) in [6.45, 7) is 12.9. The normalized spacial score (nSPS) is 8.54. The van der Waals surface area contributed by atoms with Gasteiger partial charge in [0, 0.05) is 42.6 Å². The number of aliphatic hydroxyl groups excluding tert-OH is 1. The van der Waals surface area contributed by atoms with E-state index in [1.165, 1.54) is 27.4 Å². The number of methoxy groups -OCH3 is 1. The van der Waals surface area contributed by atoms with Crippen molar-refractivity contribution in [2.24, 2.45) is 0 Å². The standard InChI is InChI=1S/C13H11N.C3H8O.2C2H6.CH4O/c1-9-6-7-13-11(8-9)10-4-2-3-5-12(10)14-13;1-3-4-2;3*1-2/h2-8,14H,1H3;3H2,1-2H3;2*1-2H3;2H,1H3. The van der Waals surface area contributed by atoms with Crippen molar-refractivity contribution in [2.75, 3.05) is 20.8 Å². The van der Waals surface area contributed by atoms with Crippen LogP contribution in [-0.4, -0.2) is 30.9 Å². The van der Waals surface area contributed by atoms with Crippen molar-refractivity contribution in [3.63, 3.8) is 0 Å². The molecule has 0 aliphatic heterocycles. The van der Waals surface area contributed by atoms with Gasteiger partial charge in [0.05, 0.1) is 0 Å². The smallest absolute Gasteiger partial charge is 0.0465 e. The predicted molar refractivity (Wildman–Crippen MR) is 109 cm³/mol. The number of ether oxygens (including phenoxy) is 1. The summed E-state index contributed by atoms with van der Waals surface area (Å²) in [6.07, 6.45) is 0. The Morgan fingerprint density at radius 2 is 1.38 bits per heavy atom. The minimum Gasteiger partial charge on any atom is -0.400 e. The van der Waals surface area contributed by atoms with E-state index in [1.807, 2.05) is 34.6 Å². The molecule has 1 heterocycles. The van der Waals surface area contributed by atoms with Crippen LogP contribution in [0.15, 0.2) is 42.5 Å².